The van der Waals surface area contributed by atoms with Crippen molar-refractivity contribution in [1.82, 2.24) is 9.80 Å². The summed E-state index contributed by atoms with van der Waals surface area (Å²) in [7, 11) is 0. The molecule has 30 heavy (non-hydrogen) atoms. The Morgan fingerprint density at radius 1 is 1.03 bits per heavy atom. The molecule has 1 aromatic rings. The molecule has 0 spiro atoms. The molecule has 2 heterocycles. The second-order valence-electron chi connectivity index (χ2n) is 7.01. The number of β-amino-alcohol motifs (C(OH)–C–C–N with tert-alkyl or cyclic N) is 1. The molecular formula is C21H34N2O7. The Morgan fingerprint density at radius 2 is 1.70 bits per heavy atom. The number of para-hydroxylation sites is 1. The zero-order valence-corrected chi connectivity index (χ0v) is 17.4. The molecule has 2 aliphatic heterocycles. The number of unbranched alkanes of at least 4 members (excludes halogenated alkanes) is 1. The van der Waals surface area contributed by atoms with Crippen molar-refractivity contribution in [2.75, 3.05) is 52.5 Å². The highest BCUT2D eigenvalue weighted by Crippen LogP contribution is 2.22. The molecule has 0 amide bonds. The largest absolute Gasteiger partial charge is 0.493 e. The van der Waals surface area contributed by atoms with Gasteiger partial charge >= 0.3 is 0 Å². The molecule has 3 rings (SSSR count). The lowest BCUT2D eigenvalue weighted by molar-refractivity contribution is -0.123. The van der Waals surface area contributed by atoms with Gasteiger partial charge in [-0.25, -0.2) is 0 Å². The smallest absolute Gasteiger partial charge is 0.290 e. The van der Waals surface area contributed by atoms with E-state index in [2.05, 4.69) is 28.0 Å². The van der Waals surface area contributed by atoms with Crippen LogP contribution in [0.2, 0.25) is 0 Å². The van der Waals surface area contributed by atoms with Gasteiger partial charge in [0.05, 0.1) is 25.9 Å². The topological polar surface area (TPSA) is 120 Å². The van der Waals surface area contributed by atoms with Crippen molar-refractivity contribution in [2.24, 2.45) is 0 Å². The quantitative estimate of drug-likeness (QED) is 0.415. The van der Waals surface area contributed by atoms with Gasteiger partial charge in [0.15, 0.2) is 0 Å². The molecule has 2 aliphatic rings. The van der Waals surface area contributed by atoms with Gasteiger partial charge in [0.2, 0.25) is 0 Å². The van der Waals surface area contributed by atoms with Crippen molar-refractivity contribution in [3.05, 3.63) is 29.8 Å². The molecule has 1 atom stereocenters. The van der Waals surface area contributed by atoms with Crippen molar-refractivity contribution in [1.29, 1.82) is 0 Å². The molecule has 0 aromatic heterocycles. The van der Waals surface area contributed by atoms with Crippen LogP contribution in [0.4, 0.5) is 0 Å². The molecule has 1 aromatic carbocycles. The number of carbonyl (C=O) groups is 2. The fraction of sp³-hybridized carbons (Fsp3) is 0.619. The van der Waals surface area contributed by atoms with Gasteiger partial charge in [0.1, 0.15) is 5.75 Å². The number of ether oxygens (including phenoxy) is 2. The molecule has 2 saturated heterocycles. The first-order chi connectivity index (χ1) is 14.6. The van der Waals surface area contributed by atoms with E-state index >= 15 is 0 Å². The first-order valence-corrected chi connectivity index (χ1v) is 10.2. The summed E-state index contributed by atoms with van der Waals surface area (Å²) in [6.07, 6.45) is 2.96. The predicted molar refractivity (Wildman–Crippen MR) is 112 cm³/mol. The van der Waals surface area contributed by atoms with E-state index in [1.54, 1.807) is 0 Å². The zero-order valence-electron chi connectivity index (χ0n) is 17.4. The number of rotatable bonds is 8. The molecule has 0 bridgehead atoms. The highest BCUT2D eigenvalue weighted by Gasteiger charge is 2.21. The lowest BCUT2D eigenvalue weighted by Gasteiger charge is -2.26. The first kappa shape index (κ1) is 25.8. The van der Waals surface area contributed by atoms with E-state index in [9.17, 15) is 5.11 Å². The molecule has 2 fully saturated rings. The summed E-state index contributed by atoms with van der Waals surface area (Å²) in [5.41, 5.74) is 1.22. The molecule has 9 nitrogen and oxygen atoms in total. The van der Waals surface area contributed by atoms with Gasteiger partial charge in [0, 0.05) is 38.3 Å². The fourth-order valence-corrected chi connectivity index (χ4v) is 3.42. The van der Waals surface area contributed by atoms with Crippen LogP contribution in [0.5, 0.6) is 5.75 Å². The van der Waals surface area contributed by atoms with Gasteiger partial charge in [0.25, 0.3) is 12.9 Å². The fourth-order valence-electron chi connectivity index (χ4n) is 3.42. The lowest BCUT2D eigenvalue weighted by Crippen LogP contribution is -2.36. The van der Waals surface area contributed by atoms with Crippen LogP contribution >= 0.6 is 0 Å². The third-order valence-corrected chi connectivity index (χ3v) is 4.84. The standard InChI is InChI=1S/C19H30N2O3.2CH2O2/c22-18-7-9-21(16-18)15-17-5-1-2-6-19(17)24-12-4-3-8-20-10-13-23-14-11-20;2*2-1-3/h1-2,5-6,18,22H,3-4,7-16H2;2*1H,(H,2,3)/t18-;;/m1../s1. The van der Waals surface area contributed by atoms with Crippen molar-refractivity contribution >= 4 is 12.9 Å². The number of aliphatic hydroxyl groups is 1. The number of benzene rings is 1. The Kier molecular flexibility index (Phi) is 14.3. The van der Waals surface area contributed by atoms with E-state index in [1.807, 2.05) is 6.07 Å². The molecule has 0 radical (unpaired) electrons. The third-order valence-electron chi connectivity index (χ3n) is 4.84. The monoisotopic (exact) mass is 426 g/mol. The maximum absolute atomic E-state index is 9.67. The van der Waals surface area contributed by atoms with Gasteiger partial charge in [-0.2, -0.15) is 0 Å². The van der Waals surface area contributed by atoms with Gasteiger partial charge in [-0.15, -0.1) is 0 Å². The lowest BCUT2D eigenvalue weighted by atomic mass is 10.2. The van der Waals surface area contributed by atoms with Crippen LogP contribution in [0.1, 0.15) is 24.8 Å². The molecule has 0 saturated carbocycles. The SMILES string of the molecule is O=CO.O=CO.O[C@@H]1CCN(Cc2ccccc2OCCCCN2CCOCC2)C1. The molecule has 9 heteroatoms. The van der Waals surface area contributed by atoms with Crippen LogP contribution in [-0.2, 0) is 20.9 Å². The van der Waals surface area contributed by atoms with Crippen molar-refractivity contribution < 1.29 is 34.4 Å². The summed E-state index contributed by atoms with van der Waals surface area (Å²) < 4.78 is 11.4. The van der Waals surface area contributed by atoms with Crippen LogP contribution < -0.4 is 4.74 Å². The Balaban J connectivity index is 0.000000672. The molecule has 0 aliphatic carbocycles. The van der Waals surface area contributed by atoms with E-state index in [1.165, 1.54) is 12.0 Å². The number of hydrogen-bond acceptors (Lipinski definition) is 7. The summed E-state index contributed by atoms with van der Waals surface area (Å²) in [4.78, 5) is 21.5. The van der Waals surface area contributed by atoms with Crippen molar-refractivity contribution in [3.8, 4) is 5.75 Å². The van der Waals surface area contributed by atoms with Crippen LogP contribution in [0.25, 0.3) is 0 Å². The number of morpholine rings is 1. The van der Waals surface area contributed by atoms with Gasteiger partial charge in [-0.05, 0) is 31.9 Å². The third kappa shape index (κ3) is 11.1. The van der Waals surface area contributed by atoms with E-state index in [-0.39, 0.29) is 19.0 Å². The number of aliphatic hydroxyl groups excluding tert-OH is 1. The van der Waals surface area contributed by atoms with Crippen molar-refractivity contribution in [3.63, 3.8) is 0 Å². The number of hydrogen-bond donors (Lipinski definition) is 3. The van der Waals surface area contributed by atoms with E-state index < -0.39 is 0 Å². The summed E-state index contributed by atoms with van der Waals surface area (Å²) in [5.74, 6) is 0.991. The van der Waals surface area contributed by atoms with Crippen LogP contribution in [0.15, 0.2) is 24.3 Å². The van der Waals surface area contributed by atoms with Gasteiger partial charge in [-0.1, -0.05) is 18.2 Å². The molecular weight excluding hydrogens is 392 g/mol. The van der Waals surface area contributed by atoms with Gasteiger partial charge in [-0.3, -0.25) is 19.4 Å². The Labute approximate surface area is 177 Å². The highest BCUT2D eigenvalue weighted by atomic mass is 16.5. The summed E-state index contributed by atoms with van der Waals surface area (Å²) in [6, 6.07) is 8.29. The number of likely N-dealkylation sites (tertiary alicyclic amines) is 1. The molecule has 0 unspecified atom stereocenters. The van der Waals surface area contributed by atoms with Crippen LogP contribution in [-0.4, -0.2) is 96.7 Å². The van der Waals surface area contributed by atoms with E-state index in [4.69, 9.17) is 29.3 Å². The second-order valence-corrected chi connectivity index (χ2v) is 7.01. The maximum Gasteiger partial charge on any atom is 0.290 e. The summed E-state index contributed by atoms with van der Waals surface area (Å²) in [6.45, 7) is 7.87. The Bertz CT molecular complexity index is 576. The van der Waals surface area contributed by atoms with Crippen LogP contribution in [0, 0.1) is 0 Å². The van der Waals surface area contributed by atoms with Crippen LogP contribution in [0.3, 0.4) is 0 Å². The minimum absolute atomic E-state index is 0.168. The van der Waals surface area contributed by atoms with E-state index in [0.717, 1.165) is 77.7 Å². The molecule has 170 valence electrons. The second kappa shape index (κ2) is 16.6. The van der Waals surface area contributed by atoms with E-state index in [0.29, 0.717) is 0 Å². The normalized spacial score (nSPS) is 19.0. The first-order valence-electron chi connectivity index (χ1n) is 10.2. The number of carboxylic acid groups (broad SMARTS) is 2. The minimum Gasteiger partial charge on any atom is -0.493 e. The Morgan fingerprint density at radius 3 is 2.33 bits per heavy atom. The zero-order chi connectivity index (χ0) is 22.0. The minimum atomic E-state index is -0.250. The summed E-state index contributed by atoms with van der Waals surface area (Å²) in [5, 5.41) is 23.4. The van der Waals surface area contributed by atoms with Gasteiger partial charge < -0.3 is 24.8 Å². The predicted octanol–water partition coefficient (Wildman–Crippen LogP) is 1.15. The van der Waals surface area contributed by atoms with Crippen molar-refractivity contribution in [2.45, 2.75) is 31.9 Å². The average Bonchev–Trinajstić information content (AvgIpc) is 3.15. The summed E-state index contributed by atoms with van der Waals surface area (Å²) >= 11 is 0. The molecule has 3 N–H and O–H groups in total. The number of nitrogens with zero attached hydrogens (tertiary/aromatic N) is 2. The maximum atomic E-state index is 9.67. The Hall–Kier alpha value is -2.20. The average molecular weight is 427 g/mol. The highest BCUT2D eigenvalue weighted by molar-refractivity contribution is 5.33.